The van der Waals surface area contributed by atoms with E-state index in [9.17, 15) is 4.39 Å². The smallest absolute Gasteiger partial charge is 0.139 e. The first-order valence-electron chi connectivity index (χ1n) is 11.1. The van der Waals surface area contributed by atoms with E-state index in [4.69, 9.17) is 0 Å². The van der Waals surface area contributed by atoms with Gasteiger partial charge in [0.1, 0.15) is 5.82 Å². The Bertz CT molecular complexity index is 856. The first-order valence-corrected chi connectivity index (χ1v) is 11.1. The van der Waals surface area contributed by atoms with Crippen molar-refractivity contribution in [1.29, 1.82) is 0 Å². The van der Waals surface area contributed by atoms with Crippen LogP contribution >= 0.6 is 0 Å². The van der Waals surface area contributed by atoms with Crippen LogP contribution in [0, 0.1) is 34.9 Å². The molecule has 4 atom stereocenters. The minimum atomic E-state index is -0.128. The number of allylic oxidation sites excluding steroid dienone is 2. The zero-order valence-electron chi connectivity index (χ0n) is 16.8. The highest BCUT2D eigenvalue weighted by atomic mass is 19.1. The summed E-state index contributed by atoms with van der Waals surface area (Å²) in [5.41, 5.74) is 7.43. The maximum atomic E-state index is 14.4. The van der Waals surface area contributed by atoms with Gasteiger partial charge in [-0.25, -0.2) is 4.39 Å². The van der Waals surface area contributed by atoms with Crippen molar-refractivity contribution in [2.45, 2.75) is 84.0 Å². The van der Waals surface area contributed by atoms with E-state index in [-0.39, 0.29) is 5.82 Å². The van der Waals surface area contributed by atoms with Gasteiger partial charge in [-0.1, -0.05) is 24.0 Å². The molecular weight excluding hydrogens is 331 g/mol. The van der Waals surface area contributed by atoms with E-state index in [2.05, 4.69) is 24.8 Å². The van der Waals surface area contributed by atoms with Crippen molar-refractivity contribution in [3.8, 4) is 11.8 Å². The lowest BCUT2D eigenvalue weighted by atomic mass is 9.54. The van der Waals surface area contributed by atoms with E-state index in [0.717, 1.165) is 18.3 Å². The average molecular weight is 363 g/mol. The second kappa shape index (κ2) is 6.51. The van der Waals surface area contributed by atoms with Crippen molar-refractivity contribution < 1.29 is 4.39 Å². The largest absolute Gasteiger partial charge is 0.206 e. The van der Waals surface area contributed by atoms with Crippen LogP contribution in [0.1, 0.15) is 94.2 Å². The van der Waals surface area contributed by atoms with Gasteiger partial charge in [0.25, 0.3) is 0 Å². The molecule has 1 aromatic carbocycles. The first kappa shape index (κ1) is 17.5. The van der Waals surface area contributed by atoms with Crippen molar-refractivity contribution in [2.24, 2.45) is 17.3 Å². The molecule has 0 N–H and O–H groups in total. The van der Waals surface area contributed by atoms with E-state index in [1.165, 1.54) is 68.9 Å². The molecule has 142 valence electrons. The molecule has 0 heterocycles. The molecule has 27 heavy (non-hydrogen) atoms. The molecule has 0 saturated heterocycles. The lowest BCUT2D eigenvalue weighted by Gasteiger charge is -2.50. The van der Waals surface area contributed by atoms with E-state index in [0.29, 0.717) is 16.9 Å². The number of fused-ring (bicyclic) bond motifs is 5. The van der Waals surface area contributed by atoms with Gasteiger partial charge < -0.3 is 0 Å². The van der Waals surface area contributed by atoms with Crippen LogP contribution in [-0.4, -0.2) is 0 Å². The summed E-state index contributed by atoms with van der Waals surface area (Å²) in [5, 5.41) is 0. The molecule has 3 unspecified atom stereocenters. The zero-order chi connectivity index (χ0) is 18.6. The van der Waals surface area contributed by atoms with Crippen LogP contribution in [0.25, 0.3) is 0 Å². The van der Waals surface area contributed by atoms with Gasteiger partial charge in [-0.2, -0.15) is 0 Å². The molecule has 1 aromatic rings. The van der Waals surface area contributed by atoms with E-state index in [1.54, 1.807) is 13.0 Å². The summed E-state index contributed by atoms with van der Waals surface area (Å²) in [4.78, 5) is 0. The topological polar surface area (TPSA) is 0 Å². The van der Waals surface area contributed by atoms with Gasteiger partial charge >= 0.3 is 0 Å². The SMILES string of the molecule is CC#Cc1cc2c(cc1F)CCC1C2CC[C@]2(C)C(=C3CCCC3)CCC12. The highest BCUT2D eigenvalue weighted by Crippen LogP contribution is 2.64. The molecule has 0 spiro atoms. The molecule has 3 saturated carbocycles. The Hall–Kier alpha value is -1.55. The summed E-state index contributed by atoms with van der Waals surface area (Å²) in [6.07, 6.45) is 13.2. The van der Waals surface area contributed by atoms with Crippen LogP contribution in [0.3, 0.4) is 0 Å². The van der Waals surface area contributed by atoms with Crippen molar-refractivity contribution >= 4 is 0 Å². The monoisotopic (exact) mass is 362 g/mol. The third-order valence-electron chi connectivity index (χ3n) is 8.49. The third kappa shape index (κ3) is 2.63. The Kier molecular flexibility index (Phi) is 4.23. The zero-order valence-corrected chi connectivity index (χ0v) is 16.8. The molecular formula is C26H31F. The van der Waals surface area contributed by atoms with Gasteiger partial charge in [0.2, 0.25) is 0 Å². The normalized spacial score (nSPS) is 34.6. The predicted octanol–water partition coefficient (Wildman–Crippen LogP) is 6.92. The van der Waals surface area contributed by atoms with Gasteiger partial charge in [-0.05, 0) is 118 Å². The van der Waals surface area contributed by atoms with Crippen molar-refractivity contribution in [3.63, 3.8) is 0 Å². The summed E-state index contributed by atoms with van der Waals surface area (Å²) < 4.78 is 14.4. The Morgan fingerprint density at radius 2 is 1.85 bits per heavy atom. The van der Waals surface area contributed by atoms with Crippen LogP contribution in [-0.2, 0) is 6.42 Å². The van der Waals surface area contributed by atoms with Gasteiger partial charge in [-0.15, -0.1) is 5.92 Å². The number of rotatable bonds is 0. The van der Waals surface area contributed by atoms with Gasteiger partial charge in [0.15, 0.2) is 0 Å². The number of hydrogen-bond donors (Lipinski definition) is 0. The van der Waals surface area contributed by atoms with Crippen molar-refractivity contribution in [2.75, 3.05) is 0 Å². The van der Waals surface area contributed by atoms with Gasteiger partial charge in [0.05, 0.1) is 5.56 Å². The molecule has 0 radical (unpaired) electrons. The highest BCUT2D eigenvalue weighted by molar-refractivity contribution is 5.46. The first-order chi connectivity index (χ1) is 13.1. The third-order valence-corrected chi connectivity index (χ3v) is 8.49. The molecule has 0 nitrogen and oxygen atoms in total. The van der Waals surface area contributed by atoms with E-state index in [1.807, 2.05) is 11.1 Å². The summed E-state index contributed by atoms with van der Waals surface area (Å²) in [6, 6.07) is 3.89. The fraction of sp³-hybridized carbons (Fsp3) is 0.615. The predicted molar refractivity (Wildman–Crippen MR) is 109 cm³/mol. The lowest BCUT2D eigenvalue weighted by Crippen LogP contribution is -2.40. The average Bonchev–Trinajstić information content (AvgIpc) is 3.29. The second-order valence-electron chi connectivity index (χ2n) is 9.61. The number of halogens is 1. The maximum Gasteiger partial charge on any atom is 0.139 e. The molecule has 0 bridgehead atoms. The van der Waals surface area contributed by atoms with Crippen LogP contribution in [0.15, 0.2) is 23.3 Å². The van der Waals surface area contributed by atoms with Crippen molar-refractivity contribution in [3.05, 3.63) is 45.8 Å². The maximum absolute atomic E-state index is 14.4. The molecule has 0 aliphatic heterocycles. The van der Waals surface area contributed by atoms with Crippen LogP contribution < -0.4 is 0 Å². The Morgan fingerprint density at radius 3 is 2.63 bits per heavy atom. The molecule has 1 heteroatoms. The molecule has 4 aliphatic rings. The Balaban J connectivity index is 1.51. The summed E-state index contributed by atoms with van der Waals surface area (Å²) in [6.45, 7) is 4.39. The van der Waals surface area contributed by atoms with Crippen LogP contribution in [0.5, 0.6) is 0 Å². The van der Waals surface area contributed by atoms with Crippen LogP contribution in [0.2, 0.25) is 0 Å². The minimum absolute atomic E-state index is 0.128. The molecule has 3 fully saturated rings. The van der Waals surface area contributed by atoms with E-state index < -0.39 is 0 Å². The standard InChI is InChI=1S/C26H31F/c1-3-6-19-15-22-18(16-25(19)27)9-10-21-20(22)13-14-26(2)23(11-12-24(21)26)17-7-4-5-8-17/h15-16,20-21,24H,4-5,7-14H2,1-2H3/t20?,21?,24?,26-/m1/s1. The number of aryl methyl sites for hydroxylation is 1. The minimum Gasteiger partial charge on any atom is -0.206 e. The second-order valence-corrected chi connectivity index (χ2v) is 9.61. The summed E-state index contributed by atoms with van der Waals surface area (Å²) in [7, 11) is 0. The Morgan fingerprint density at radius 1 is 1.04 bits per heavy atom. The molecule has 5 rings (SSSR count). The van der Waals surface area contributed by atoms with Gasteiger partial charge in [0, 0.05) is 0 Å². The molecule has 0 aromatic heterocycles. The lowest BCUT2D eigenvalue weighted by molar-refractivity contribution is 0.0807. The molecule has 4 aliphatic carbocycles. The van der Waals surface area contributed by atoms with Gasteiger partial charge in [-0.3, -0.25) is 0 Å². The fourth-order valence-corrected chi connectivity index (χ4v) is 7.32. The van der Waals surface area contributed by atoms with E-state index >= 15 is 0 Å². The fourth-order valence-electron chi connectivity index (χ4n) is 7.32. The highest BCUT2D eigenvalue weighted by Gasteiger charge is 2.53. The summed E-state index contributed by atoms with van der Waals surface area (Å²) >= 11 is 0. The summed E-state index contributed by atoms with van der Waals surface area (Å²) in [5.74, 6) is 7.98. The number of benzene rings is 1. The Labute approximate surface area is 163 Å². The quantitative estimate of drug-likeness (QED) is 0.347. The number of hydrogen-bond acceptors (Lipinski definition) is 0. The molecule has 0 amide bonds. The van der Waals surface area contributed by atoms with Crippen molar-refractivity contribution in [1.82, 2.24) is 0 Å². The van der Waals surface area contributed by atoms with Crippen LogP contribution in [0.4, 0.5) is 4.39 Å².